The first-order valence-corrected chi connectivity index (χ1v) is 8.93. The maximum absolute atomic E-state index is 12.0. The van der Waals surface area contributed by atoms with E-state index in [0.29, 0.717) is 17.2 Å². The zero-order chi connectivity index (χ0) is 18.1. The van der Waals surface area contributed by atoms with Crippen molar-refractivity contribution in [3.63, 3.8) is 0 Å². The highest BCUT2D eigenvalue weighted by Gasteiger charge is 2.11. The van der Waals surface area contributed by atoms with Gasteiger partial charge in [-0.3, -0.25) is 0 Å². The summed E-state index contributed by atoms with van der Waals surface area (Å²) < 4.78 is 5.42. The molecule has 0 bridgehead atoms. The third-order valence-corrected chi connectivity index (χ3v) is 4.90. The van der Waals surface area contributed by atoms with E-state index in [4.69, 9.17) is 16.0 Å². The smallest absolute Gasteiger partial charge is 0.336 e. The lowest BCUT2D eigenvalue weighted by atomic mass is 10.0. The highest BCUT2D eigenvalue weighted by Crippen LogP contribution is 2.28. The molecule has 4 heteroatoms. The van der Waals surface area contributed by atoms with E-state index < -0.39 is 0 Å². The molecule has 0 radical (unpaired) electrons. The number of nitrogens with one attached hydrogen (secondary N) is 1. The van der Waals surface area contributed by atoms with Crippen molar-refractivity contribution in [2.75, 3.05) is 0 Å². The van der Waals surface area contributed by atoms with Gasteiger partial charge in [0.1, 0.15) is 5.58 Å². The second kappa shape index (κ2) is 6.94. The fourth-order valence-corrected chi connectivity index (χ4v) is 3.52. The molecule has 0 amide bonds. The molecular weight excluding hydrogens is 346 g/mol. The van der Waals surface area contributed by atoms with Crippen LogP contribution in [-0.2, 0) is 6.54 Å². The van der Waals surface area contributed by atoms with Crippen molar-refractivity contribution in [3.8, 4) is 0 Å². The van der Waals surface area contributed by atoms with Crippen molar-refractivity contribution in [2.24, 2.45) is 0 Å². The molecule has 1 N–H and O–H groups in total. The Labute approximate surface area is 156 Å². The van der Waals surface area contributed by atoms with Crippen LogP contribution in [0.4, 0.5) is 0 Å². The van der Waals surface area contributed by atoms with E-state index in [9.17, 15) is 4.79 Å². The van der Waals surface area contributed by atoms with Crippen LogP contribution in [0.5, 0.6) is 0 Å². The van der Waals surface area contributed by atoms with E-state index in [1.165, 1.54) is 0 Å². The van der Waals surface area contributed by atoms with Gasteiger partial charge in [-0.15, -0.1) is 0 Å². The monoisotopic (exact) mass is 363 g/mol. The van der Waals surface area contributed by atoms with Crippen LogP contribution in [0.2, 0.25) is 5.02 Å². The molecule has 0 spiro atoms. The molecule has 0 aliphatic heterocycles. The van der Waals surface area contributed by atoms with Crippen LogP contribution < -0.4 is 10.9 Å². The molecule has 3 aromatic carbocycles. The zero-order valence-corrected chi connectivity index (χ0v) is 15.1. The summed E-state index contributed by atoms with van der Waals surface area (Å²) in [5.41, 5.74) is 2.32. The maximum Gasteiger partial charge on any atom is 0.336 e. The minimum atomic E-state index is -0.333. The molecule has 0 fully saturated rings. The lowest BCUT2D eigenvalue weighted by molar-refractivity contribution is 0.548. The molecule has 0 saturated heterocycles. The van der Waals surface area contributed by atoms with Crippen LogP contribution >= 0.6 is 11.6 Å². The Kier molecular flexibility index (Phi) is 4.49. The van der Waals surface area contributed by atoms with Gasteiger partial charge in [0.15, 0.2) is 0 Å². The highest BCUT2D eigenvalue weighted by molar-refractivity contribution is 6.30. The van der Waals surface area contributed by atoms with E-state index >= 15 is 0 Å². The molecule has 1 atom stereocenters. The van der Waals surface area contributed by atoms with Crippen molar-refractivity contribution in [1.82, 2.24) is 5.32 Å². The number of halogens is 1. The van der Waals surface area contributed by atoms with E-state index in [-0.39, 0.29) is 11.7 Å². The molecule has 4 aromatic rings. The molecule has 4 rings (SSSR count). The molecule has 1 heterocycles. The van der Waals surface area contributed by atoms with Gasteiger partial charge in [-0.25, -0.2) is 4.79 Å². The van der Waals surface area contributed by atoms with Crippen molar-refractivity contribution in [1.29, 1.82) is 0 Å². The van der Waals surface area contributed by atoms with Crippen LogP contribution in [0.15, 0.2) is 75.9 Å². The Morgan fingerprint density at radius 1 is 1.04 bits per heavy atom. The van der Waals surface area contributed by atoms with Gasteiger partial charge in [-0.05, 0) is 47.0 Å². The van der Waals surface area contributed by atoms with E-state index in [1.54, 1.807) is 6.07 Å². The second-order valence-corrected chi connectivity index (χ2v) is 6.84. The van der Waals surface area contributed by atoms with Gasteiger partial charge in [0.2, 0.25) is 0 Å². The molecule has 0 unspecified atom stereocenters. The number of hydrogen-bond acceptors (Lipinski definition) is 3. The van der Waals surface area contributed by atoms with E-state index in [0.717, 1.165) is 27.3 Å². The lowest BCUT2D eigenvalue weighted by Gasteiger charge is -2.16. The molecule has 0 saturated carbocycles. The van der Waals surface area contributed by atoms with E-state index in [1.807, 2.05) is 48.5 Å². The topological polar surface area (TPSA) is 42.2 Å². The fraction of sp³-hybridized carbons (Fsp3) is 0.136. The Hall–Kier alpha value is -2.62. The first-order chi connectivity index (χ1) is 12.6. The minimum Gasteiger partial charge on any atom is -0.423 e. The molecule has 0 aliphatic carbocycles. The number of rotatable bonds is 4. The van der Waals surface area contributed by atoms with Gasteiger partial charge < -0.3 is 9.73 Å². The average molecular weight is 364 g/mol. The van der Waals surface area contributed by atoms with Crippen molar-refractivity contribution in [3.05, 3.63) is 93.3 Å². The van der Waals surface area contributed by atoms with E-state index in [2.05, 4.69) is 24.4 Å². The Morgan fingerprint density at radius 3 is 2.73 bits per heavy atom. The van der Waals surface area contributed by atoms with Gasteiger partial charge in [0, 0.05) is 29.1 Å². The highest BCUT2D eigenvalue weighted by atomic mass is 35.5. The minimum absolute atomic E-state index is 0.103. The van der Waals surface area contributed by atoms with Gasteiger partial charge in [-0.1, -0.05) is 54.1 Å². The van der Waals surface area contributed by atoms with Gasteiger partial charge in [0.05, 0.1) is 0 Å². The number of hydrogen-bond donors (Lipinski definition) is 1. The van der Waals surface area contributed by atoms with Gasteiger partial charge in [0.25, 0.3) is 0 Å². The lowest BCUT2D eigenvalue weighted by Crippen LogP contribution is -2.19. The Morgan fingerprint density at radius 2 is 1.88 bits per heavy atom. The van der Waals surface area contributed by atoms with Crippen molar-refractivity contribution in [2.45, 2.75) is 19.5 Å². The summed E-state index contributed by atoms with van der Waals surface area (Å²) >= 11 is 6.09. The molecule has 0 aliphatic rings. The van der Waals surface area contributed by atoms with Crippen LogP contribution in [0.3, 0.4) is 0 Å². The predicted octanol–water partition coefficient (Wildman–Crippen LogP) is 5.45. The maximum atomic E-state index is 12.0. The third kappa shape index (κ3) is 3.24. The quantitative estimate of drug-likeness (QED) is 0.387. The first kappa shape index (κ1) is 16.8. The average Bonchev–Trinajstić information content (AvgIpc) is 2.65. The first-order valence-electron chi connectivity index (χ1n) is 8.55. The SMILES string of the molecule is C[C@@H](NCc1cc(=O)oc2ccc3ccccc3c12)c1cccc(Cl)c1. The summed E-state index contributed by atoms with van der Waals surface area (Å²) in [5, 5.41) is 7.39. The fourth-order valence-electron chi connectivity index (χ4n) is 3.32. The molecular formula is C22H18ClNO2. The summed E-state index contributed by atoms with van der Waals surface area (Å²) in [6, 6.07) is 21.4. The Bertz CT molecular complexity index is 1150. The standard InChI is InChI=1S/C22H18ClNO2/c1-14(16-6-4-7-18(23)11-16)24-13-17-12-21(25)26-20-10-9-15-5-2-3-8-19(15)22(17)20/h2-12,14,24H,13H2,1H3/t14-/m1/s1. The summed E-state index contributed by atoms with van der Waals surface area (Å²) in [6.07, 6.45) is 0. The molecule has 1 aromatic heterocycles. The number of benzene rings is 3. The molecule has 130 valence electrons. The van der Waals surface area contributed by atoms with Crippen LogP contribution in [0.25, 0.3) is 21.7 Å². The Balaban J connectivity index is 1.74. The summed E-state index contributed by atoms with van der Waals surface area (Å²) in [5.74, 6) is 0. The van der Waals surface area contributed by atoms with Crippen LogP contribution in [-0.4, -0.2) is 0 Å². The molecule has 3 nitrogen and oxygen atoms in total. The summed E-state index contributed by atoms with van der Waals surface area (Å²) in [4.78, 5) is 12.0. The normalized spacial score (nSPS) is 12.5. The van der Waals surface area contributed by atoms with Crippen molar-refractivity contribution >= 4 is 33.3 Å². The summed E-state index contributed by atoms with van der Waals surface area (Å²) in [6.45, 7) is 2.64. The largest absolute Gasteiger partial charge is 0.423 e. The predicted molar refractivity (Wildman–Crippen MR) is 107 cm³/mol. The third-order valence-electron chi connectivity index (χ3n) is 4.66. The number of fused-ring (bicyclic) bond motifs is 3. The molecule has 26 heavy (non-hydrogen) atoms. The van der Waals surface area contributed by atoms with Gasteiger partial charge >= 0.3 is 5.63 Å². The van der Waals surface area contributed by atoms with Crippen LogP contribution in [0, 0.1) is 0 Å². The van der Waals surface area contributed by atoms with Gasteiger partial charge in [-0.2, -0.15) is 0 Å². The summed E-state index contributed by atoms with van der Waals surface area (Å²) in [7, 11) is 0. The van der Waals surface area contributed by atoms with Crippen molar-refractivity contribution < 1.29 is 4.42 Å². The second-order valence-electron chi connectivity index (χ2n) is 6.41. The van der Waals surface area contributed by atoms with Crippen LogP contribution in [0.1, 0.15) is 24.1 Å². The zero-order valence-electron chi connectivity index (χ0n) is 14.3.